The molecular weight excluding hydrogens is 266 g/mol. The maximum Gasteiger partial charge on any atom is 0.246 e. The number of rotatable bonds is 2. The van der Waals surface area contributed by atoms with Crippen LogP contribution in [0.5, 0.6) is 0 Å². The molecule has 1 N–H and O–H groups in total. The van der Waals surface area contributed by atoms with Crippen molar-refractivity contribution in [1.29, 1.82) is 0 Å². The highest BCUT2D eigenvalue weighted by atomic mass is 16.2. The van der Waals surface area contributed by atoms with Gasteiger partial charge in [0.25, 0.3) is 0 Å². The van der Waals surface area contributed by atoms with Crippen LogP contribution in [-0.4, -0.2) is 33.8 Å². The first-order chi connectivity index (χ1) is 9.79. The first-order valence-electron chi connectivity index (χ1n) is 7.28. The normalized spacial score (nSPS) is 23.7. The Morgan fingerprint density at radius 2 is 1.90 bits per heavy atom. The van der Waals surface area contributed by atoms with E-state index in [4.69, 9.17) is 0 Å². The van der Waals surface area contributed by atoms with Crippen LogP contribution in [0.1, 0.15) is 39.7 Å². The number of aromatic nitrogens is 1. The van der Waals surface area contributed by atoms with Crippen LogP contribution >= 0.6 is 0 Å². The van der Waals surface area contributed by atoms with Gasteiger partial charge in [-0.2, -0.15) is 0 Å². The minimum atomic E-state index is -0.489. The molecule has 114 valence electrons. The zero-order valence-corrected chi connectivity index (χ0v) is 13.1. The van der Waals surface area contributed by atoms with Gasteiger partial charge >= 0.3 is 0 Å². The zero-order valence-electron chi connectivity index (χ0n) is 13.1. The molecule has 0 radical (unpaired) electrons. The third-order valence-corrected chi connectivity index (χ3v) is 3.82. The van der Waals surface area contributed by atoms with E-state index >= 15 is 0 Å². The van der Waals surface area contributed by atoms with Gasteiger partial charge in [-0.1, -0.05) is 20.8 Å². The molecule has 2 atom stereocenters. The maximum atomic E-state index is 12.8. The van der Waals surface area contributed by atoms with Crippen molar-refractivity contribution >= 4 is 11.8 Å². The van der Waals surface area contributed by atoms with Crippen molar-refractivity contribution in [3.05, 3.63) is 30.1 Å². The van der Waals surface area contributed by atoms with Gasteiger partial charge in [0.1, 0.15) is 6.04 Å². The van der Waals surface area contributed by atoms with Gasteiger partial charge in [-0.05, 0) is 30.0 Å². The fourth-order valence-electron chi connectivity index (χ4n) is 2.55. The SMILES string of the molecule is CC1CC(=O)NC(C(C)(C)C)C(=O)N1Cc1ccncc1. The number of carbonyl (C=O) groups excluding carboxylic acids is 2. The molecule has 1 aromatic heterocycles. The molecule has 2 unspecified atom stereocenters. The highest BCUT2D eigenvalue weighted by Crippen LogP contribution is 2.25. The summed E-state index contributed by atoms with van der Waals surface area (Å²) < 4.78 is 0. The molecule has 0 spiro atoms. The second-order valence-corrected chi connectivity index (χ2v) is 6.74. The summed E-state index contributed by atoms with van der Waals surface area (Å²) in [7, 11) is 0. The number of hydrogen-bond donors (Lipinski definition) is 1. The standard InChI is InChI=1S/C16H23N3O2/c1-11-9-13(20)18-14(16(2,3)4)15(21)19(11)10-12-5-7-17-8-6-12/h5-8,11,14H,9-10H2,1-4H3,(H,18,20). The lowest BCUT2D eigenvalue weighted by Crippen LogP contribution is -2.52. The Hall–Kier alpha value is -1.91. The number of hydrogen-bond acceptors (Lipinski definition) is 3. The zero-order chi connectivity index (χ0) is 15.6. The molecule has 5 nitrogen and oxygen atoms in total. The first kappa shape index (κ1) is 15.5. The second kappa shape index (κ2) is 5.84. The largest absolute Gasteiger partial charge is 0.344 e. The third kappa shape index (κ3) is 3.60. The van der Waals surface area contributed by atoms with Gasteiger partial charge in [-0.15, -0.1) is 0 Å². The number of carbonyl (C=O) groups is 2. The highest BCUT2D eigenvalue weighted by Gasteiger charge is 2.40. The fraction of sp³-hybridized carbons (Fsp3) is 0.562. The van der Waals surface area contributed by atoms with Crippen molar-refractivity contribution in [2.75, 3.05) is 0 Å². The van der Waals surface area contributed by atoms with Crippen LogP contribution in [0.15, 0.2) is 24.5 Å². The predicted octanol–water partition coefficient (Wildman–Crippen LogP) is 1.73. The Morgan fingerprint density at radius 1 is 1.29 bits per heavy atom. The molecule has 1 aromatic rings. The molecule has 1 saturated heterocycles. The van der Waals surface area contributed by atoms with Crippen molar-refractivity contribution in [3.63, 3.8) is 0 Å². The maximum absolute atomic E-state index is 12.8. The summed E-state index contributed by atoms with van der Waals surface area (Å²) in [6.45, 7) is 8.33. The predicted molar refractivity (Wildman–Crippen MR) is 80.3 cm³/mol. The molecule has 2 rings (SSSR count). The summed E-state index contributed by atoms with van der Waals surface area (Å²) in [5.41, 5.74) is 0.708. The van der Waals surface area contributed by atoms with Crippen LogP contribution in [0.25, 0.3) is 0 Å². The molecule has 2 amide bonds. The minimum Gasteiger partial charge on any atom is -0.344 e. The molecule has 5 heteroatoms. The molecule has 21 heavy (non-hydrogen) atoms. The Labute approximate surface area is 125 Å². The topological polar surface area (TPSA) is 62.3 Å². The second-order valence-electron chi connectivity index (χ2n) is 6.74. The first-order valence-corrected chi connectivity index (χ1v) is 7.28. The summed E-state index contributed by atoms with van der Waals surface area (Å²) >= 11 is 0. The van der Waals surface area contributed by atoms with E-state index in [0.29, 0.717) is 13.0 Å². The molecule has 0 aromatic carbocycles. The van der Waals surface area contributed by atoms with Gasteiger partial charge in [0.2, 0.25) is 11.8 Å². The molecule has 0 aliphatic carbocycles. The van der Waals surface area contributed by atoms with Gasteiger partial charge in [-0.3, -0.25) is 14.6 Å². The smallest absolute Gasteiger partial charge is 0.246 e. The Morgan fingerprint density at radius 3 is 2.48 bits per heavy atom. The monoisotopic (exact) mass is 289 g/mol. The van der Waals surface area contributed by atoms with E-state index in [1.165, 1.54) is 0 Å². The summed E-state index contributed by atoms with van der Waals surface area (Å²) in [5.74, 6) is -0.0781. The molecule has 1 aliphatic rings. The van der Waals surface area contributed by atoms with E-state index in [0.717, 1.165) is 5.56 Å². The van der Waals surface area contributed by atoms with Gasteiger partial charge < -0.3 is 10.2 Å². The van der Waals surface area contributed by atoms with Crippen molar-refractivity contribution in [2.45, 2.75) is 52.7 Å². The van der Waals surface area contributed by atoms with Crippen molar-refractivity contribution in [1.82, 2.24) is 15.2 Å². The average Bonchev–Trinajstić information content (AvgIpc) is 2.50. The lowest BCUT2D eigenvalue weighted by atomic mass is 9.86. The van der Waals surface area contributed by atoms with Gasteiger partial charge in [-0.25, -0.2) is 0 Å². The van der Waals surface area contributed by atoms with Gasteiger partial charge in [0.05, 0.1) is 0 Å². The molecule has 0 saturated carbocycles. The summed E-state index contributed by atoms with van der Waals surface area (Å²) in [5, 5.41) is 2.87. The van der Waals surface area contributed by atoms with Crippen LogP contribution in [0.4, 0.5) is 0 Å². The van der Waals surface area contributed by atoms with Crippen molar-refractivity contribution < 1.29 is 9.59 Å². The van der Waals surface area contributed by atoms with Gasteiger partial charge in [0.15, 0.2) is 0 Å². The van der Waals surface area contributed by atoms with Gasteiger partial charge in [0, 0.05) is 31.4 Å². The average molecular weight is 289 g/mol. The summed E-state index contributed by atoms with van der Waals surface area (Å²) in [4.78, 5) is 30.6. The van der Waals surface area contributed by atoms with E-state index < -0.39 is 6.04 Å². The van der Waals surface area contributed by atoms with Crippen molar-refractivity contribution in [2.24, 2.45) is 5.41 Å². The van der Waals surface area contributed by atoms with E-state index in [2.05, 4.69) is 10.3 Å². The van der Waals surface area contributed by atoms with Crippen LogP contribution < -0.4 is 5.32 Å². The fourth-order valence-corrected chi connectivity index (χ4v) is 2.55. The number of amides is 2. The lowest BCUT2D eigenvalue weighted by molar-refractivity contribution is -0.138. The summed E-state index contributed by atoms with van der Waals surface area (Å²) in [6, 6.07) is 3.19. The minimum absolute atomic E-state index is 0.0161. The number of nitrogens with zero attached hydrogens (tertiary/aromatic N) is 2. The van der Waals surface area contributed by atoms with E-state index in [9.17, 15) is 9.59 Å². The summed E-state index contributed by atoms with van der Waals surface area (Å²) in [6.07, 6.45) is 3.77. The third-order valence-electron chi connectivity index (χ3n) is 3.82. The van der Waals surface area contributed by atoms with Crippen LogP contribution in [0, 0.1) is 5.41 Å². The Balaban J connectivity index is 2.28. The Kier molecular flexibility index (Phi) is 4.30. The van der Waals surface area contributed by atoms with E-state index in [-0.39, 0.29) is 23.3 Å². The quantitative estimate of drug-likeness (QED) is 0.902. The van der Waals surface area contributed by atoms with Crippen molar-refractivity contribution in [3.8, 4) is 0 Å². The molecule has 1 aliphatic heterocycles. The number of pyridine rings is 1. The van der Waals surface area contributed by atoms with E-state index in [1.54, 1.807) is 17.3 Å². The van der Waals surface area contributed by atoms with E-state index in [1.807, 2.05) is 39.8 Å². The molecule has 1 fully saturated rings. The van der Waals surface area contributed by atoms with Crippen LogP contribution in [0.2, 0.25) is 0 Å². The number of nitrogens with one attached hydrogen (secondary N) is 1. The Bertz CT molecular complexity index is 522. The molecule has 0 bridgehead atoms. The molecule has 2 heterocycles. The molecular formula is C16H23N3O2. The lowest BCUT2D eigenvalue weighted by Gasteiger charge is -2.34. The van der Waals surface area contributed by atoms with Crippen LogP contribution in [0.3, 0.4) is 0 Å². The highest BCUT2D eigenvalue weighted by molar-refractivity contribution is 5.91. The van der Waals surface area contributed by atoms with Crippen LogP contribution in [-0.2, 0) is 16.1 Å².